The number of hydrogen-bond acceptors (Lipinski definition) is 9. The Kier molecular flexibility index (Phi) is 13.9. The number of carbonyl (C=O) groups is 7. The van der Waals surface area contributed by atoms with E-state index >= 15 is 0 Å². The Morgan fingerprint density at radius 1 is 0.911 bits per heavy atom. The number of fused-ring (bicyclic) bond motifs is 2. The Morgan fingerprint density at radius 3 is 2.34 bits per heavy atom. The number of para-hydroxylation sites is 1. The Labute approximate surface area is 324 Å². The number of aldehydes is 1. The zero-order chi connectivity index (χ0) is 40.4. The second-order valence-electron chi connectivity index (χ2n) is 14.1. The van der Waals surface area contributed by atoms with E-state index in [2.05, 4.69) is 21.3 Å². The highest BCUT2D eigenvalue weighted by molar-refractivity contribution is 5.97. The van der Waals surface area contributed by atoms with Crippen LogP contribution in [-0.4, -0.2) is 93.8 Å². The van der Waals surface area contributed by atoms with E-state index in [1.807, 2.05) is 67.6 Å². The lowest BCUT2D eigenvalue weighted by Crippen LogP contribution is -2.61. The van der Waals surface area contributed by atoms with E-state index in [0.717, 1.165) is 27.9 Å². The van der Waals surface area contributed by atoms with Crippen LogP contribution in [0.3, 0.4) is 0 Å². The first kappa shape index (κ1) is 41.1. The molecule has 5 rings (SSSR count). The molecule has 3 aromatic carbocycles. The number of ether oxygens (including phenoxy) is 1. The minimum absolute atomic E-state index is 0.0303. The highest BCUT2D eigenvalue weighted by Gasteiger charge is 2.42. The van der Waals surface area contributed by atoms with E-state index < -0.39 is 78.3 Å². The average molecular weight is 770 g/mol. The molecule has 1 unspecified atom stereocenters. The summed E-state index contributed by atoms with van der Waals surface area (Å²) in [6, 6.07) is 15.9. The highest BCUT2D eigenvalue weighted by atomic mass is 16.5. The van der Waals surface area contributed by atoms with Gasteiger partial charge in [-0.1, -0.05) is 72.3 Å². The molecule has 0 saturated carbocycles. The number of nitrogens with one attached hydrogen (secondary N) is 4. The second kappa shape index (κ2) is 19.0. The van der Waals surface area contributed by atoms with Gasteiger partial charge in [-0.2, -0.15) is 0 Å². The SMILES string of the molecule is Cc1ccc2c(c1)CCN(C(=O)[C@@H](NC(=O)[C@H](CCCC(=O)O)NC(=O)[C@@H]1Cc3ccccc3N1)C(C)OCc1ccccc1)[C@@H]2C(=O)N[C@H](C=O)CC(=O)O. The minimum Gasteiger partial charge on any atom is -0.481 e. The fraction of sp³-hybridized carbons (Fsp3) is 0.390. The van der Waals surface area contributed by atoms with Crippen LogP contribution >= 0.6 is 0 Å². The third kappa shape index (κ3) is 10.6. The van der Waals surface area contributed by atoms with Gasteiger partial charge in [0, 0.05) is 25.1 Å². The van der Waals surface area contributed by atoms with E-state index in [1.54, 1.807) is 19.1 Å². The second-order valence-corrected chi connectivity index (χ2v) is 14.1. The Bertz CT molecular complexity index is 1910. The minimum atomic E-state index is -1.41. The van der Waals surface area contributed by atoms with Crippen molar-refractivity contribution < 1.29 is 48.5 Å². The summed E-state index contributed by atoms with van der Waals surface area (Å²) in [6.07, 6.45) is -0.901. The largest absolute Gasteiger partial charge is 0.481 e. The van der Waals surface area contributed by atoms with E-state index in [1.165, 1.54) is 4.90 Å². The van der Waals surface area contributed by atoms with Gasteiger partial charge in [-0.15, -0.1) is 0 Å². The molecule has 0 aliphatic carbocycles. The number of aliphatic carboxylic acids is 2. The maximum atomic E-state index is 14.8. The molecule has 0 radical (unpaired) electrons. The first-order chi connectivity index (χ1) is 26.8. The predicted octanol–water partition coefficient (Wildman–Crippen LogP) is 2.45. The molecule has 0 bridgehead atoms. The number of rotatable bonds is 18. The summed E-state index contributed by atoms with van der Waals surface area (Å²) >= 11 is 0. The van der Waals surface area contributed by atoms with Gasteiger partial charge in [0.1, 0.15) is 30.5 Å². The zero-order valence-corrected chi connectivity index (χ0v) is 31.2. The van der Waals surface area contributed by atoms with Crippen LogP contribution in [0.15, 0.2) is 72.8 Å². The van der Waals surface area contributed by atoms with Crippen LogP contribution in [0.4, 0.5) is 5.69 Å². The molecule has 0 aromatic heterocycles. The molecule has 4 amide bonds. The Morgan fingerprint density at radius 2 is 1.64 bits per heavy atom. The molecule has 15 nitrogen and oxygen atoms in total. The molecule has 0 spiro atoms. The monoisotopic (exact) mass is 769 g/mol. The Hall–Kier alpha value is -6.09. The number of anilines is 1. The van der Waals surface area contributed by atoms with Gasteiger partial charge in [0.15, 0.2) is 0 Å². The Balaban J connectivity index is 1.44. The van der Waals surface area contributed by atoms with Gasteiger partial charge in [-0.05, 0) is 61.4 Å². The van der Waals surface area contributed by atoms with Gasteiger partial charge >= 0.3 is 11.9 Å². The third-order valence-electron chi connectivity index (χ3n) is 9.94. The van der Waals surface area contributed by atoms with Gasteiger partial charge in [-0.25, -0.2) is 0 Å². The lowest BCUT2D eigenvalue weighted by molar-refractivity contribution is -0.148. The van der Waals surface area contributed by atoms with Crippen molar-refractivity contribution in [2.24, 2.45) is 0 Å². The van der Waals surface area contributed by atoms with Crippen molar-refractivity contribution in [3.05, 3.63) is 101 Å². The van der Waals surface area contributed by atoms with Crippen LogP contribution < -0.4 is 21.3 Å². The summed E-state index contributed by atoms with van der Waals surface area (Å²) in [6.45, 7) is 3.57. The molecule has 6 atom stereocenters. The molecule has 296 valence electrons. The summed E-state index contributed by atoms with van der Waals surface area (Å²) in [4.78, 5) is 92.4. The first-order valence-electron chi connectivity index (χ1n) is 18.5. The molecule has 15 heteroatoms. The van der Waals surface area contributed by atoms with E-state index in [9.17, 15) is 43.8 Å². The van der Waals surface area contributed by atoms with Gasteiger partial charge < -0.3 is 45.9 Å². The predicted molar refractivity (Wildman–Crippen MR) is 203 cm³/mol. The van der Waals surface area contributed by atoms with Crippen LogP contribution in [0.2, 0.25) is 0 Å². The van der Waals surface area contributed by atoms with Crippen molar-refractivity contribution in [3.63, 3.8) is 0 Å². The van der Waals surface area contributed by atoms with Gasteiger partial charge in [0.05, 0.1) is 25.2 Å². The van der Waals surface area contributed by atoms with Crippen molar-refractivity contribution in [2.75, 3.05) is 11.9 Å². The molecule has 2 aliphatic rings. The summed E-state index contributed by atoms with van der Waals surface area (Å²) in [5.41, 5.74) is 4.67. The maximum Gasteiger partial charge on any atom is 0.305 e. The molecular formula is C41H47N5O10. The topological polar surface area (TPSA) is 221 Å². The quantitative estimate of drug-likeness (QED) is 0.103. The maximum absolute atomic E-state index is 14.8. The van der Waals surface area contributed by atoms with Gasteiger partial charge in [0.2, 0.25) is 23.6 Å². The van der Waals surface area contributed by atoms with Crippen LogP contribution in [0, 0.1) is 6.92 Å². The molecule has 0 saturated heterocycles. The number of amides is 4. The molecule has 56 heavy (non-hydrogen) atoms. The number of aryl methyl sites for hydroxylation is 1. The number of carboxylic acids is 2. The highest BCUT2D eigenvalue weighted by Crippen LogP contribution is 2.32. The van der Waals surface area contributed by atoms with Crippen molar-refractivity contribution in [2.45, 2.75) is 95.3 Å². The van der Waals surface area contributed by atoms with Crippen molar-refractivity contribution in [1.29, 1.82) is 0 Å². The number of nitrogens with zero attached hydrogens (tertiary/aromatic N) is 1. The lowest BCUT2D eigenvalue weighted by Gasteiger charge is -2.40. The molecular weight excluding hydrogens is 722 g/mol. The summed E-state index contributed by atoms with van der Waals surface area (Å²) in [7, 11) is 0. The zero-order valence-electron chi connectivity index (χ0n) is 31.2. The van der Waals surface area contributed by atoms with Crippen LogP contribution in [-0.2, 0) is 57.7 Å². The van der Waals surface area contributed by atoms with E-state index in [0.29, 0.717) is 24.7 Å². The smallest absolute Gasteiger partial charge is 0.305 e. The summed E-state index contributed by atoms with van der Waals surface area (Å²) < 4.78 is 6.15. The lowest BCUT2D eigenvalue weighted by atomic mass is 9.89. The van der Waals surface area contributed by atoms with Crippen molar-refractivity contribution in [3.8, 4) is 0 Å². The van der Waals surface area contributed by atoms with Crippen LogP contribution in [0.5, 0.6) is 0 Å². The molecule has 6 N–H and O–H groups in total. The number of carbonyl (C=O) groups excluding carboxylic acids is 5. The van der Waals surface area contributed by atoms with Crippen LogP contribution in [0.25, 0.3) is 0 Å². The summed E-state index contributed by atoms with van der Waals surface area (Å²) in [5, 5.41) is 29.8. The first-order valence-corrected chi connectivity index (χ1v) is 18.5. The summed E-state index contributed by atoms with van der Waals surface area (Å²) in [5.74, 6) is -5.11. The molecule has 0 fully saturated rings. The van der Waals surface area contributed by atoms with Gasteiger partial charge in [0.25, 0.3) is 0 Å². The van der Waals surface area contributed by atoms with Crippen LogP contribution in [0.1, 0.15) is 66.5 Å². The van der Waals surface area contributed by atoms with Crippen molar-refractivity contribution in [1.82, 2.24) is 20.9 Å². The standard InChI is InChI=1S/C41H47N5O10/c1-24-15-16-30-27(19-24)17-18-46(37(30)40(54)42-29(22-47)21-35(50)51)41(55)36(25(2)56-23-26-9-4-3-5-10-26)45-38(52)32(13-8-14-34(48)49)44-39(53)33-20-28-11-6-7-12-31(28)43-33/h3-7,9-12,15-16,19,22,25,29,32-33,36-37,43H,8,13-14,17-18,20-21,23H2,1-2H3,(H,42,54)(H,44,53)(H,45,52)(H,48,49)(H,50,51)/t25?,29-,32-,33-,36-,37-/m0/s1. The number of hydrogen-bond donors (Lipinski definition) is 6. The van der Waals surface area contributed by atoms with E-state index in [4.69, 9.17) is 4.74 Å². The molecule has 2 heterocycles. The fourth-order valence-electron chi connectivity index (χ4n) is 7.02. The third-order valence-corrected chi connectivity index (χ3v) is 9.94. The number of benzene rings is 3. The van der Waals surface area contributed by atoms with E-state index in [-0.39, 0.29) is 32.4 Å². The van der Waals surface area contributed by atoms with Crippen molar-refractivity contribution >= 4 is 47.5 Å². The average Bonchev–Trinajstić information content (AvgIpc) is 3.62. The normalized spacial score (nSPS) is 17.8. The number of carboxylic acid groups (broad SMARTS) is 2. The molecule has 2 aliphatic heterocycles. The van der Waals surface area contributed by atoms with Gasteiger partial charge in [-0.3, -0.25) is 28.8 Å². The fourth-order valence-corrected chi connectivity index (χ4v) is 7.02. The molecule has 3 aromatic rings.